The fourth-order valence-electron chi connectivity index (χ4n) is 4.99. The van der Waals surface area contributed by atoms with Gasteiger partial charge in [0.05, 0.1) is 0 Å². The third kappa shape index (κ3) is 5.52. The average molecular weight is 565 g/mol. The molecule has 208 valence electrons. The molecule has 0 N–H and O–H groups in total. The van der Waals surface area contributed by atoms with Gasteiger partial charge in [0.2, 0.25) is 23.6 Å². The molecule has 41 heavy (non-hydrogen) atoms. The van der Waals surface area contributed by atoms with Crippen LogP contribution in [0.15, 0.2) is 121 Å². The van der Waals surface area contributed by atoms with Crippen molar-refractivity contribution in [2.75, 3.05) is 28.2 Å². The van der Waals surface area contributed by atoms with E-state index in [0.29, 0.717) is 22.3 Å². The van der Waals surface area contributed by atoms with Crippen LogP contribution in [0.4, 0.5) is 0 Å². The molecule has 4 amide bonds. The Morgan fingerprint density at radius 2 is 0.537 bits per heavy atom. The SMILES string of the molecule is CN(C(=O)c1ccccc1)[Si](N(C)C(=O)c1ccccc1)(N(C)C(=O)c1ccccc1)N(C)C(=O)c1ccccc1. The van der Waals surface area contributed by atoms with Gasteiger partial charge in [-0.2, -0.15) is 0 Å². The molecule has 0 fully saturated rings. The molecule has 0 saturated heterocycles. The van der Waals surface area contributed by atoms with Gasteiger partial charge in [-0.1, -0.05) is 72.8 Å². The molecule has 0 heterocycles. The van der Waals surface area contributed by atoms with E-state index in [1.807, 2.05) is 0 Å². The summed E-state index contributed by atoms with van der Waals surface area (Å²) < 4.78 is 5.57. The zero-order valence-electron chi connectivity index (χ0n) is 23.5. The lowest BCUT2D eigenvalue weighted by atomic mass is 10.2. The van der Waals surface area contributed by atoms with Crippen LogP contribution in [0.5, 0.6) is 0 Å². The number of benzene rings is 4. The van der Waals surface area contributed by atoms with E-state index in [1.165, 1.54) is 18.3 Å². The molecule has 4 aromatic rings. The first kappa shape index (κ1) is 29.0. The summed E-state index contributed by atoms with van der Waals surface area (Å²) in [4.78, 5) is 56.5. The molecule has 0 radical (unpaired) electrons. The third-order valence-corrected chi connectivity index (χ3v) is 11.5. The van der Waals surface area contributed by atoms with E-state index < -0.39 is 32.3 Å². The lowest BCUT2D eigenvalue weighted by molar-refractivity contribution is 0.0672. The summed E-state index contributed by atoms with van der Waals surface area (Å²) in [6.07, 6.45) is 0. The quantitative estimate of drug-likeness (QED) is 0.295. The maximum Gasteiger partial charge on any atom is 0.512 e. The Bertz CT molecular complexity index is 1280. The minimum absolute atomic E-state index is 0.355. The standard InChI is InChI=1S/C32H32N4O4Si/c1-33(29(37)25-17-9-5-10-18-25)41(34(2)30(38)26-19-11-6-12-20-26,35(3)31(39)27-21-13-7-14-22-27)36(4)32(40)28-23-15-8-16-24-28/h5-24H,1-4H3. The Labute approximate surface area is 241 Å². The van der Waals surface area contributed by atoms with Crippen molar-refractivity contribution in [3.05, 3.63) is 144 Å². The molecule has 0 aromatic heterocycles. The number of carbonyl (C=O) groups excluding carboxylic acids is 4. The molecule has 0 aliphatic carbocycles. The van der Waals surface area contributed by atoms with E-state index in [0.717, 1.165) is 0 Å². The predicted molar refractivity (Wildman–Crippen MR) is 160 cm³/mol. The third-order valence-electron chi connectivity index (χ3n) is 7.10. The summed E-state index contributed by atoms with van der Waals surface area (Å²) >= 11 is 0. The van der Waals surface area contributed by atoms with Crippen LogP contribution in [0.3, 0.4) is 0 Å². The molecule has 0 atom stereocenters. The van der Waals surface area contributed by atoms with Gasteiger partial charge in [0.1, 0.15) is 0 Å². The molecular formula is C32H32N4O4Si. The van der Waals surface area contributed by atoms with Crippen molar-refractivity contribution in [3.8, 4) is 0 Å². The topological polar surface area (TPSA) is 81.2 Å². The van der Waals surface area contributed by atoms with Gasteiger partial charge in [-0.25, -0.2) is 0 Å². The van der Waals surface area contributed by atoms with Crippen molar-refractivity contribution in [2.24, 2.45) is 0 Å². The van der Waals surface area contributed by atoms with E-state index in [4.69, 9.17) is 0 Å². The fraction of sp³-hybridized carbons (Fsp3) is 0.125. The van der Waals surface area contributed by atoms with Gasteiger partial charge < -0.3 is 18.3 Å². The normalized spacial score (nSPS) is 10.8. The first-order chi connectivity index (χ1) is 19.7. The zero-order chi connectivity index (χ0) is 29.6. The van der Waals surface area contributed by atoms with Crippen molar-refractivity contribution >= 4 is 32.3 Å². The Balaban J connectivity index is 1.98. The number of amides is 4. The van der Waals surface area contributed by atoms with Crippen LogP contribution in [0.25, 0.3) is 0 Å². The number of nitrogens with zero attached hydrogens (tertiary/aromatic N) is 4. The number of carbonyl (C=O) groups is 4. The van der Waals surface area contributed by atoms with E-state index >= 15 is 0 Å². The lowest BCUT2D eigenvalue weighted by Crippen LogP contribution is -2.83. The molecule has 0 bridgehead atoms. The fourth-order valence-corrected chi connectivity index (χ4v) is 9.30. The number of rotatable bonds is 8. The van der Waals surface area contributed by atoms with Crippen molar-refractivity contribution in [2.45, 2.75) is 0 Å². The molecule has 0 saturated carbocycles. The summed E-state index contributed by atoms with van der Waals surface area (Å²) in [6, 6.07) is 34.4. The minimum atomic E-state index is -4.26. The van der Waals surface area contributed by atoms with Crippen LogP contribution in [0, 0.1) is 0 Å². The molecule has 0 spiro atoms. The molecular weight excluding hydrogens is 532 g/mol. The first-order valence-electron chi connectivity index (χ1n) is 13.0. The summed E-state index contributed by atoms with van der Waals surface area (Å²) in [7, 11) is 1.91. The van der Waals surface area contributed by atoms with Crippen molar-refractivity contribution in [1.82, 2.24) is 18.3 Å². The molecule has 8 nitrogen and oxygen atoms in total. The second kappa shape index (κ2) is 12.4. The second-order valence-electron chi connectivity index (χ2n) is 9.52. The summed E-state index contributed by atoms with van der Waals surface area (Å²) in [5, 5.41) is 0. The lowest BCUT2D eigenvalue weighted by Gasteiger charge is -2.52. The molecule has 4 aromatic carbocycles. The highest BCUT2D eigenvalue weighted by molar-refractivity contribution is 6.78. The van der Waals surface area contributed by atoms with Crippen LogP contribution >= 0.6 is 0 Å². The van der Waals surface area contributed by atoms with Gasteiger partial charge in [0.25, 0.3) is 0 Å². The van der Waals surface area contributed by atoms with Crippen molar-refractivity contribution in [1.29, 1.82) is 0 Å². The number of hydrogen-bond acceptors (Lipinski definition) is 4. The van der Waals surface area contributed by atoms with Crippen LogP contribution in [-0.2, 0) is 0 Å². The van der Waals surface area contributed by atoms with Gasteiger partial charge in [-0.3, -0.25) is 19.2 Å². The maximum atomic E-state index is 14.1. The Hall–Kier alpha value is -5.02. The summed E-state index contributed by atoms with van der Waals surface area (Å²) in [5.74, 6) is -1.76. The molecule has 0 aliphatic rings. The van der Waals surface area contributed by atoms with Crippen LogP contribution < -0.4 is 0 Å². The van der Waals surface area contributed by atoms with Gasteiger partial charge in [-0.05, 0) is 48.5 Å². The highest BCUT2D eigenvalue weighted by Gasteiger charge is 2.61. The van der Waals surface area contributed by atoms with Crippen LogP contribution in [-0.4, -0.2) is 78.8 Å². The predicted octanol–water partition coefficient (Wildman–Crippen LogP) is 4.51. The van der Waals surface area contributed by atoms with Gasteiger partial charge >= 0.3 is 8.72 Å². The molecule has 9 heteroatoms. The average Bonchev–Trinajstić information content (AvgIpc) is 3.04. The smallest absolute Gasteiger partial charge is 0.316 e. The zero-order valence-corrected chi connectivity index (χ0v) is 24.5. The Morgan fingerprint density at radius 3 is 0.707 bits per heavy atom. The highest BCUT2D eigenvalue weighted by atomic mass is 28.4. The van der Waals surface area contributed by atoms with Gasteiger partial charge in [0, 0.05) is 50.4 Å². The highest BCUT2D eigenvalue weighted by Crippen LogP contribution is 2.28. The van der Waals surface area contributed by atoms with E-state index in [-0.39, 0.29) is 0 Å². The monoisotopic (exact) mass is 564 g/mol. The van der Waals surface area contributed by atoms with E-state index in [9.17, 15) is 19.2 Å². The summed E-state index contributed by atoms with van der Waals surface area (Å²) in [6.45, 7) is 0. The Kier molecular flexibility index (Phi) is 8.79. The Morgan fingerprint density at radius 1 is 0.366 bits per heavy atom. The van der Waals surface area contributed by atoms with Crippen molar-refractivity contribution < 1.29 is 19.2 Å². The van der Waals surface area contributed by atoms with Crippen LogP contribution in [0.1, 0.15) is 41.4 Å². The van der Waals surface area contributed by atoms with E-state index in [1.54, 1.807) is 150 Å². The minimum Gasteiger partial charge on any atom is -0.316 e. The number of hydrogen-bond donors (Lipinski definition) is 0. The summed E-state index contributed by atoms with van der Waals surface area (Å²) in [5.41, 5.74) is 1.42. The molecule has 4 rings (SSSR count). The molecule has 0 aliphatic heterocycles. The first-order valence-corrected chi connectivity index (χ1v) is 14.8. The maximum absolute atomic E-state index is 14.1. The van der Waals surface area contributed by atoms with Gasteiger partial charge in [-0.15, -0.1) is 0 Å². The molecule has 0 unspecified atom stereocenters. The van der Waals surface area contributed by atoms with E-state index in [2.05, 4.69) is 0 Å². The second-order valence-corrected chi connectivity index (χ2v) is 13.4. The van der Waals surface area contributed by atoms with Crippen LogP contribution in [0.2, 0.25) is 0 Å². The largest absolute Gasteiger partial charge is 0.512 e. The van der Waals surface area contributed by atoms with Crippen molar-refractivity contribution in [3.63, 3.8) is 0 Å². The van der Waals surface area contributed by atoms with Gasteiger partial charge in [0.15, 0.2) is 0 Å².